The molecule has 0 saturated carbocycles. The lowest BCUT2D eigenvalue weighted by atomic mass is 10.1. The molecule has 0 aromatic heterocycles. The molecule has 0 saturated heterocycles. The highest BCUT2D eigenvalue weighted by molar-refractivity contribution is 7.89. The molecule has 0 amide bonds. The van der Waals surface area contributed by atoms with Gasteiger partial charge in [0.15, 0.2) is 6.61 Å². The van der Waals surface area contributed by atoms with Crippen molar-refractivity contribution in [2.75, 3.05) is 6.61 Å². The van der Waals surface area contributed by atoms with Gasteiger partial charge in [-0.05, 0) is 46.7 Å². The first-order valence-corrected chi connectivity index (χ1v) is 9.89. The summed E-state index contributed by atoms with van der Waals surface area (Å²) in [5.74, 6) is -0.914. The molecule has 0 atom stereocenters. The fourth-order valence-corrected chi connectivity index (χ4v) is 3.48. The number of benzene rings is 3. The first-order chi connectivity index (χ1) is 13.3. The molecule has 7 nitrogen and oxygen atoms in total. The molecular formula is C19H15ClN2O5S. The highest BCUT2D eigenvalue weighted by Gasteiger charge is 2.13. The summed E-state index contributed by atoms with van der Waals surface area (Å²) < 4.78 is 29.8. The Labute approximate surface area is 166 Å². The van der Waals surface area contributed by atoms with Crippen LogP contribution in [0.5, 0.6) is 5.75 Å². The van der Waals surface area contributed by atoms with Crippen molar-refractivity contribution in [1.82, 2.24) is 4.83 Å². The van der Waals surface area contributed by atoms with E-state index in [4.69, 9.17) is 21.4 Å². The van der Waals surface area contributed by atoms with Crippen LogP contribution >= 0.6 is 11.6 Å². The Morgan fingerprint density at radius 3 is 2.57 bits per heavy atom. The third-order valence-electron chi connectivity index (χ3n) is 3.72. The number of nitrogens with one attached hydrogen (secondary N) is 1. The van der Waals surface area contributed by atoms with Gasteiger partial charge in [-0.2, -0.15) is 13.5 Å². The number of hydrogen-bond donors (Lipinski definition) is 2. The minimum Gasteiger partial charge on any atom is -0.480 e. The van der Waals surface area contributed by atoms with Crippen molar-refractivity contribution >= 4 is 44.6 Å². The second kappa shape index (κ2) is 8.28. The van der Waals surface area contributed by atoms with Crippen LogP contribution < -0.4 is 9.57 Å². The number of halogens is 1. The van der Waals surface area contributed by atoms with E-state index in [1.165, 1.54) is 24.4 Å². The van der Waals surface area contributed by atoms with E-state index in [-0.39, 0.29) is 15.7 Å². The number of ether oxygens (including phenoxy) is 1. The molecule has 3 rings (SSSR count). The van der Waals surface area contributed by atoms with Crippen LogP contribution in [0.15, 0.2) is 70.7 Å². The molecule has 0 unspecified atom stereocenters. The molecular weight excluding hydrogens is 404 g/mol. The van der Waals surface area contributed by atoms with Crippen LogP contribution in [0.2, 0.25) is 5.02 Å². The molecule has 144 valence electrons. The molecule has 0 spiro atoms. The molecule has 3 aromatic carbocycles. The van der Waals surface area contributed by atoms with Crippen LogP contribution in [0.4, 0.5) is 0 Å². The molecule has 3 aromatic rings. The third-order valence-corrected chi connectivity index (χ3v) is 5.24. The van der Waals surface area contributed by atoms with Crippen molar-refractivity contribution in [2.45, 2.75) is 4.90 Å². The maximum Gasteiger partial charge on any atom is 0.341 e. The lowest BCUT2D eigenvalue weighted by molar-refractivity contribution is -0.139. The fourth-order valence-electron chi connectivity index (χ4n) is 2.41. The molecule has 0 heterocycles. The maximum absolute atomic E-state index is 12.4. The lowest BCUT2D eigenvalue weighted by Gasteiger charge is -2.06. The summed E-state index contributed by atoms with van der Waals surface area (Å²) in [6.45, 7) is -0.515. The number of rotatable bonds is 7. The first-order valence-electron chi connectivity index (χ1n) is 8.03. The van der Waals surface area contributed by atoms with Crippen molar-refractivity contribution in [3.05, 3.63) is 71.2 Å². The summed E-state index contributed by atoms with van der Waals surface area (Å²) in [4.78, 5) is 12.8. The molecule has 0 radical (unpaired) electrons. The third kappa shape index (κ3) is 4.79. The summed E-state index contributed by atoms with van der Waals surface area (Å²) in [6.07, 6.45) is 1.28. The lowest BCUT2D eigenvalue weighted by Crippen LogP contribution is -2.18. The number of carboxylic acid groups (broad SMARTS) is 1. The smallest absolute Gasteiger partial charge is 0.341 e. The van der Waals surface area contributed by atoms with E-state index in [0.29, 0.717) is 5.56 Å². The van der Waals surface area contributed by atoms with Crippen molar-refractivity contribution in [2.24, 2.45) is 5.10 Å². The first kappa shape index (κ1) is 19.7. The van der Waals surface area contributed by atoms with E-state index in [1.807, 2.05) is 24.3 Å². The van der Waals surface area contributed by atoms with Gasteiger partial charge in [-0.25, -0.2) is 9.63 Å². The fraction of sp³-hybridized carbons (Fsp3) is 0.0526. The van der Waals surface area contributed by atoms with Crippen LogP contribution in [0, 0.1) is 0 Å². The predicted molar refractivity (Wildman–Crippen MR) is 106 cm³/mol. The van der Waals surface area contributed by atoms with Gasteiger partial charge in [0, 0.05) is 0 Å². The summed E-state index contributed by atoms with van der Waals surface area (Å²) in [7, 11) is -3.83. The second-order valence-corrected chi connectivity index (χ2v) is 7.80. The van der Waals surface area contributed by atoms with Gasteiger partial charge in [0.2, 0.25) is 0 Å². The monoisotopic (exact) mass is 418 g/mol. The van der Waals surface area contributed by atoms with Crippen LogP contribution in [-0.4, -0.2) is 32.3 Å². The molecule has 0 aliphatic heterocycles. The number of carboxylic acids is 1. The zero-order valence-electron chi connectivity index (χ0n) is 14.4. The minimum atomic E-state index is -3.83. The van der Waals surface area contributed by atoms with Gasteiger partial charge in [-0.1, -0.05) is 41.9 Å². The highest BCUT2D eigenvalue weighted by atomic mass is 35.5. The highest BCUT2D eigenvalue weighted by Crippen LogP contribution is 2.25. The number of hydrazone groups is 1. The Balaban J connectivity index is 1.72. The van der Waals surface area contributed by atoms with E-state index >= 15 is 0 Å². The Bertz CT molecular complexity index is 1160. The van der Waals surface area contributed by atoms with Crippen LogP contribution in [0.3, 0.4) is 0 Å². The molecule has 0 aliphatic carbocycles. The van der Waals surface area contributed by atoms with Gasteiger partial charge in [0.1, 0.15) is 5.75 Å². The Hall–Kier alpha value is -3.10. The Morgan fingerprint density at radius 2 is 1.86 bits per heavy atom. The van der Waals surface area contributed by atoms with E-state index in [1.54, 1.807) is 18.2 Å². The minimum absolute atomic E-state index is 0.0961. The Morgan fingerprint density at radius 1 is 1.11 bits per heavy atom. The SMILES string of the molecule is O=C(O)COc1ccc(C=NNS(=O)(=O)c2ccc3ccccc3c2)cc1Cl. The maximum atomic E-state index is 12.4. The molecule has 0 aliphatic rings. The average Bonchev–Trinajstić information content (AvgIpc) is 2.66. The zero-order chi connectivity index (χ0) is 20.1. The van der Waals surface area contributed by atoms with Gasteiger partial charge in [0.05, 0.1) is 16.1 Å². The summed E-state index contributed by atoms with van der Waals surface area (Å²) >= 11 is 6.01. The zero-order valence-corrected chi connectivity index (χ0v) is 15.9. The molecule has 9 heteroatoms. The molecule has 28 heavy (non-hydrogen) atoms. The molecule has 0 fully saturated rings. The van der Waals surface area contributed by atoms with E-state index in [2.05, 4.69) is 9.93 Å². The molecule has 2 N–H and O–H groups in total. The van der Waals surface area contributed by atoms with E-state index in [0.717, 1.165) is 10.8 Å². The predicted octanol–water partition coefficient (Wildman–Crippen LogP) is 3.27. The standard InChI is InChI=1S/C19H15ClN2O5S/c20-17-9-13(5-8-18(17)27-12-19(23)24)11-21-22-28(25,26)16-7-6-14-3-1-2-4-15(14)10-16/h1-11,22H,12H2,(H,23,24). The number of sulfonamides is 1. The number of carbonyl (C=O) groups is 1. The normalized spacial score (nSPS) is 11.6. The van der Waals surface area contributed by atoms with Gasteiger partial charge < -0.3 is 9.84 Å². The number of nitrogens with zero attached hydrogens (tertiary/aromatic N) is 1. The van der Waals surface area contributed by atoms with Crippen LogP contribution in [0.1, 0.15) is 5.56 Å². The van der Waals surface area contributed by atoms with E-state index < -0.39 is 22.6 Å². The average molecular weight is 419 g/mol. The van der Waals surface area contributed by atoms with Gasteiger partial charge in [-0.3, -0.25) is 0 Å². The van der Waals surface area contributed by atoms with E-state index in [9.17, 15) is 13.2 Å². The van der Waals surface area contributed by atoms with Crippen molar-refractivity contribution in [3.63, 3.8) is 0 Å². The molecule has 0 bridgehead atoms. The number of fused-ring (bicyclic) bond motifs is 1. The van der Waals surface area contributed by atoms with Crippen molar-refractivity contribution < 1.29 is 23.1 Å². The quantitative estimate of drug-likeness (QED) is 0.452. The van der Waals surface area contributed by atoms with Gasteiger partial charge in [0.25, 0.3) is 10.0 Å². The Kier molecular flexibility index (Phi) is 5.81. The van der Waals surface area contributed by atoms with Crippen molar-refractivity contribution in [1.29, 1.82) is 0 Å². The largest absolute Gasteiger partial charge is 0.480 e. The van der Waals surface area contributed by atoms with Crippen LogP contribution in [-0.2, 0) is 14.8 Å². The summed E-state index contributed by atoms with van der Waals surface area (Å²) in [5, 5.41) is 14.3. The summed E-state index contributed by atoms with van der Waals surface area (Å²) in [6, 6.07) is 16.7. The second-order valence-electron chi connectivity index (χ2n) is 5.73. The van der Waals surface area contributed by atoms with Gasteiger partial charge >= 0.3 is 5.97 Å². The number of hydrogen-bond acceptors (Lipinski definition) is 5. The van der Waals surface area contributed by atoms with Gasteiger partial charge in [-0.15, -0.1) is 0 Å². The van der Waals surface area contributed by atoms with Crippen LogP contribution in [0.25, 0.3) is 10.8 Å². The number of aliphatic carboxylic acids is 1. The topological polar surface area (TPSA) is 105 Å². The van der Waals surface area contributed by atoms with Crippen molar-refractivity contribution in [3.8, 4) is 5.75 Å². The summed E-state index contributed by atoms with van der Waals surface area (Å²) in [5.41, 5.74) is 0.508.